The maximum absolute atomic E-state index is 10.8. The van der Waals surface area contributed by atoms with E-state index in [0.29, 0.717) is 19.2 Å². The lowest BCUT2D eigenvalue weighted by Crippen LogP contribution is -2.30. The standard InChI is InChI=1S/C8H14N2O3.C8H8O.C4H9N.C2H6O/c1-7(10(2)6-12)3-4-8(13)9-5-11;1-7-4-2-3-5-8(7)6-9;1-2-4-5-3-1;1-3-2/h5-7H,3-4H2,1-2H3,(H,9,11,13);2-6H,1H3;5H,1-4H2;1-2H3. The van der Waals surface area contributed by atoms with Crippen LogP contribution in [-0.4, -0.2) is 70.3 Å². The second-order valence-corrected chi connectivity index (χ2v) is 6.68. The van der Waals surface area contributed by atoms with Gasteiger partial charge in [0, 0.05) is 39.3 Å². The third-order valence-electron chi connectivity index (χ3n) is 4.14. The Bertz CT molecular complexity index is 584. The van der Waals surface area contributed by atoms with Crippen molar-refractivity contribution in [3.8, 4) is 0 Å². The number of methoxy groups -OCH3 is 1. The largest absolute Gasteiger partial charge is 0.388 e. The molecular weight excluding hydrogens is 386 g/mol. The van der Waals surface area contributed by atoms with Crippen LogP contribution in [0.15, 0.2) is 24.3 Å². The van der Waals surface area contributed by atoms with Gasteiger partial charge in [0.05, 0.1) is 0 Å². The topological polar surface area (TPSA) is 105 Å². The number of carbonyl (C=O) groups excluding carboxylic acids is 4. The fourth-order valence-electron chi connectivity index (χ4n) is 2.13. The summed E-state index contributed by atoms with van der Waals surface area (Å²) in [7, 11) is 4.90. The Labute approximate surface area is 180 Å². The third-order valence-corrected chi connectivity index (χ3v) is 4.14. The number of aryl methyl sites for hydroxylation is 1. The van der Waals surface area contributed by atoms with Crippen LogP contribution < -0.4 is 10.6 Å². The summed E-state index contributed by atoms with van der Waals surface area (Å²) in [5.74, 6) is -0.318. The van der Waals surface area contributed by atoms with E-state index in [0.717, 1.165) is 17.4 Å². The van der Waals surface area contributed by atoms with E-state index in [1.807, 2.05) is 43.4 Å². The van der Waals surface area contributed by atoms with Crippen LogP contribution in [0.5, 0.6) is 0 Å². The number of hydrogen-bond donors (Lipinski definition) is 2. The number of ether oxygens (including phenoxy) is 1. The summed E-state index contributed by atoms with van der Waals surface area (Å²) < 4.78 is 4.25. The minimum absolute atomic E-state index is 0.00917. The van der Waals surface area contributed by atoms with E-state index >= 15 is 0 Å². The molecular formula is C22H37N3O5. The first-order valence-corrected chi connectivity index (χ1v) is 9.89. The summed E-state index contributed by atoms with van der Waals surface area (Å²) in [5, 5.41) is 5.25. The quantitative estimate of drug-likeness (QED) is 0.650. The van der Waals surface area contributed by atoms with E-state index in [1.165, 1.54) is 30.8 Å². The molecule has 1 unspecified atom stereocenters. The molecule has 0 aromatic heterocycles. The van der Waals surface area contributed by atoms with Crippen molar-refractivity contribution in [2.45, 2.75) is 45.6 Å². The van der Waals surface area contributed by atoms with Gasteiger partial charge in [-0.05, 0) is 51.8 Å². The maximum Gasteiger partial charge on any atom is 0.226 e. The van der Waals surface area contributed by atoms with Gasteiger partial charge < -0.3 is 15.0 Å². The highest BCUT2D eigenvalue weighted by Gasteiger charge is 2.08. The monoisotopic (exact) mass is 423 g/mol. The van der Waals surface area contributed by atoms with E-state index in [4.69, 9.17) is 0 Å². The molecule has 1 saturated heterocycles. The molecule has 3 amide bonds. The summed E-state index contributed by atoms with van der Waals surface area (Å²) in [6.45, 7) is 6.26. The predicted molar refractivity (Wildman–Crippen MR) is 118 cm³/mol. The molecule has 0 radical (unpaired) electrons. The number of nitrogens with one attached hydrogen (secondary N) is 2. The highest BCUT2D eigenvalue weighted by atomic mass is 16.4. The molecule has 1 heterocycles. The van der Waals surface area contributed by atoms with E-state index in [-0.39, 0.29) is 18.4 Å². The molecule has 1 aliphatic heterocycles. The number of imide groups is 1. The van der Waals surface area contributed by atoms with Gasteiger partial charge in [-0.1, -0.05) is 24.3 Å². The van der Waals surface area contributed by atoms with Gasteiger partial charge in [0.25, 0.3) is 0 Å². The molecule has 1 aromatic carbocycles. The normalized spacial score (nSPS) is 12.3. The van der Waals surface area contributed by atoms with E-state index in [2.05, 4.69) is 10.1 Å². The Morgan fingerprint density at radius 2 is 1.77 bits per heavy atom. The van der Waals surface area contributed by atoms with Crippen LogP contribution in [0.2, 0.25) is 0 Å². The van der Waals surface area contributed by atoms with Crippen LogP contribution in [0.3, 0.4) is 0 Å². The Kier molecular flexibility index (Phi) is 20.9. The van der Waals surface area contributed by atoms with Gasteiger partial charge in [-0.15, -0.1) is 0 Å². The summed E-state index contributed by atoms with van der Waals surface area (Å²) in [5.41, 5.74) is 1.81. The SMILES string of the molecule is C1CCNC1.CC(CCC(=O)NC=O)N(C)C=O.COC.Cc1ccccc1C=O. The van der Waals surface area contributed by atoms with Gasteiger partial charge in [0.15, 0.2) is 0 Å². The highest BCUT2D eigenvalue weighted by molar-refractivity contribution is 5.85. The second-order valence-electron chi connectivity index (χ2n) is 6.68. The van der Waals surface area contributed by atoms with Crippen molar-refractivity contribution in [1.82, 2.24) is 15.5 Å². The number of benzene rings is 1. The van der Waals surface area contributed by atoms with Crippen LogP contribution in [-0.2, 0) is 19.1 Å². The minimum atomic E-state index is -0.318. The zero-order valence-electron chi connectivity index (χ0n) is 18.8. The van der Waals surface area contributed by atoms with Gasteiger partial charge in [0.2, 0.25) is 18.7 Å². The van der Waals surface area contributed by atoms with Crippen LogP contribution >= 0.6 is 0 Å². The minimum Gasteiger partial charge on any atom is -0.388 e. The molecule has 8 heteroatoms. The van der Waals surface area contributed by atoms with Crippen LogP contribution in [0, 0.1) is 6.92 Å². The number of aldehydes is 1. The predicted octanol–water partition coefficient (Wildman–Crippen LogP) is 1.96. The Balaban J connectivity index is 0. The lowest BCUT2D eigenvalue weighted by atomic mass is 10.1. The van der Waals surface area contributed by atoms with E-state index < -0.39 is 0 Å². The van der Waals surface area contributed by atoms with Crippen molar-refractivity contribution in [2.24, 2.45) is 0 Å². The molecule has 30 heavy (non-hydrogen) atoms. The van der Waals surface area contributed by atoms with Crippen molar-refractivity contribution in [3.05, 3.63) is 35.4 Å². The second kappa shape index (κ2) is 21.1. The summed E-state index contributed by atoms with van der Waals surface area (Å²) in [6, 6.07) is 7.51. The van der Waals surface area contributed by atoms with Crippen molar-refractivity contribution in [3.63, 3.8) is 0 Å². The van der Waals surface area contributed by atoms with E-state index in [9.17, 15) is 19.2 Å². The summed E-state index contributed by atoms with van der Waals surface area (Å²) >= 11 is 0. The zero-order valence-corrected chi connectivity index (χ0v) is 18.8. The van der Waals surface area contributed by atoms with Crippen molar-refractivity contribution in [2.75, 3.05) is 34.4 Å². The molecule has 170 valence electrons. The maximum atomic E-state index is 10.8. The van der Waals surface area contributed by atoms with E-state index in [1.54, 1.807) is 21.3 Å². The molecule has 2 N–H and O–H groups in total. The smallest absolute Gasteiger partial charge is 0.226 e. The molecule has 0 saturated carbocycles. The van der Waals surface area contributed by atoms with Crippen LogP contribution in [0.1, 0.15) is 48.5 Å². The molecule has 1 atom stereocenters. The number of hydrogen-bond acceptors (Lipinski definition) is 6. The molecule has 1 fully saturated rings. The molecule has 8 nitrogen and oxygen atoms in total. The van der Waals surface area contributed by atoms with Crippen LogP contribution in [0.25, 0.3) is 0 Å². The van der Waals surface area contributed by atoms with Crippen LogP contribution in [0.4, 0.5) is 0 Å². The summed E-state index contributed by atoms with van der Waals surface area (Å²) in [6.07, 6.45) is 5.51. The zero-order chi connectivity index (χ0) is 23.2. The molecule has 0 spiro atoms. The molecule has 0 aliphatic carbocycles. The molecule has 1 aromatic rings. The van der Waals surface area contributed by atoms with Gasteiger partial charge in [-0.2, -0.15) is 0 Å². The number of amides is 3. The van der Waals surface area contributed by atoms with Gasteiger partial charge in [0.1, 0.15) is 6.29 Å². The fourth-order valence-corrected chi connectivity index (χ4v) is 2.13. The van der Waals surface area contributed by atoms with Gasteiger partial charge >= 0.3 is 0 Å². The summed E-state index contributed by atoms with van der Waals surface area (Å²) in [4.78, 5) is 42.7. The first-order chi connectivity index (χ1) is 14.4. The van der Waals surface area contributed by atoms with Crippen molar-refractivity contribution < 1.29 is 23.9 Å². The molecule has 1 aliphatic rings. The van der Waals surface area contributed by atoms with Crippen molar-refractivity contribution >= 4 is 25.0 Å². The Morgan fingerprint density at radius 1 is 1.20 bits per heavy atom. The lowest BCUT2D eigenvalue weighted by Gasteiger charge is -2.19. The third kappa shape index (κ3) is 17.5. The number of nitrogens with zero attached hydrogens (tertiary/aromatic N) is 1. The highest BCUT2D eigenvalue weighted by Crippen LogP contribution is 2.02. The molecule has 2 rings (SSSR count). The number of rotatable bonds is 7. The van der Waals surface area contributed by atoms with Gasteiger partial charge in [-0.3, -0.25) is 24.5 Å². The first-order valence-electron chi connectivity index (χ1n) is 9.89. The average Bonchev–Trinajstić information content (AvgIpc) is 3.33. The Morgan fingerprint density at radius 3 is 2.13 bits per heavy atom. The lowest BCUT2D eigenvalue weighted by molar-refractivity contribution is -0.126. The molecule has 0 bridgehead atoms. The number of carbonyl (C=O) groups is 4. The van der Waals surface area contributed by atoms with Gasteiger partial charge in [-0.25, -0.2) is 0 Å². The Hall–Kier alpha value is -2.58. The average molecular weight is 424 g/mol. The van der Waals surface area contributed by atoms with Crippen molar-refractivity contribution in [1.29, 1.82) is 0 Å². The first kappa shape index (κ1) is 29.6. The fraction of sp³-hybridized carbons (Fsp3) is 0.545.